The molecule has 1 aliphatic carbocycles. The van der Waals surface area contributed by atoms with E-state index < -0.39 is 5.60 Å². The van der Waals surface area contributed by atoms with Crippen molar-refractivity contribution in [3.8, 4) is 0 Å². The predicted octanol–water partition coefficient (Wildman–Crippen LogP) is 2.80. The molecule has 0 heterocycles. The Morgan fingerprint density at radius 3 is 2.24 bits per heavy atom. The number of carbonyl (C=O) groups is 2. The van der Waals surface area contributed by atoms with Gasteiger partial charge in [-0.2, -0.15) is 0 Å². The van der Waals surface area contributed by atoms with Gasteiger partial charge in [0.05, 0.1) is 0 Å². The van der Waals surface area contributed by atoms with Gasteiger partial charge < -0.3 is 14.8 Å². The minimum absolute atomic E-state index is 0.169. The summed E-state index contributed by atoms with van der Waals surface area (Å²) in [5, 5.41) is 2.93. The topological polar surface area (TPSA) is 55.4 Å². The van der Waals surface area contributed by atoms with E-state index in [1.54, 1.807) is 6.92 Å². The number of hydrogen-bond acceptors (Lipinski definition) is 3. The van der Waals surface area contributed by atoms with E-state index in [4.69, 9.17) is 4.74 Å². The Labute approximate surface area is 103 Å². The van der Waals surface area contributed by atoms with Gasteiger partial charge in [-0.05, 0) is 53.4 Å². The molecule has 0 aliphatic heterocycles. The zero-order valence-corrected chi connectivity index (χ0v) is 11.3. The third kappa shape index (κ3) is 4.75. The largest absolute Gasteiger partial charge is 0.444 e. The van der Waals surface area contributed by atoms with Crippen molar-refractivity contribution in [2.45, 2.75) is 70.9 Å². The minimum Gasteiger partial charge on any atom is -0.444 e. The lowest BCUT2D eigenvalue weighted by Crippen LogP contribution is -2.54. The summed E-state index contributed by atoms with van der Waals surface area (Å²) in [4.78, 5) is 22.7. The maximum absolute atomic E-state index is 11.7. The van der Waals surface area contributed by atoms with Crippen LogP contribution < -0.4 is 5.32 Å². The van der Waals surface area contributed by atoms with E-state index in [2.05, 4.69) is 5.32 Å². The van der Waals surface area contributed by atoms with Gasteiger partial charge in [0.15, 0.2) is 0 Å². The second-order valence-electron chi connectivity index (χ2n) is 5.96. The minimum atomic E-state index is -0.477. The van der Waals surface area contributed by atoms with Gasteiger partial charge in [-0.25, -0.2) is 4.79 Å². The Morgan fingerprint density at radius 1 is 1.29 bits per heavy atom. The summed E-state index contributed by atoms with van der Waals surface area (Å²) in [5.74, 6) is 0.169. The molecule has 1 aliphatic rings. The van der Waals surface area contributed by atoms with E-state index in [1.807, 2.05) is 20.8 Å². The molecule has 1 amide bonds. The van der Waals surface area contributed by atoms with Crippen molar-refractivity contribution in [2.75, 3.05) is 0 Å². The van der Waals surface area contributed by atoms with Crippen molar-refractivity contribution in [1.29, 1.82) is 0 Å². The van der Waals surface area contributed by atoms with Crippen LogP contribution in [-0.4, -0.2) is 23.0 Å². The fourth-order valence-electron chi connectivity index (χ4n) is 1.98. The first-order valence-electron chi connectivity index (χ1n) is 6.23. The normalized spacial score (nSPS) is 18.1. The number of nitrogens with one attached hydrogen (secondary N) is 1. The fourth-order valence-corrected chi connectivity index (χ4v) is 1.98. The number of ether oxygens (including phenoxy) is 1. The molecular weight excluding hydrogens is 218 g/mol. The quantitative estimate of drug-likeness (QED) is 0.823. The lowest BCUT2D eigenvalue weighted by molar-refractivity contribution is -0.117. The summed E-state index contributed by atoms with van der Waals surface area (Å²) in [6.07, 6.45) is 3.87. The molecule has 0 saturated heterocycles. The van der Waals surface area contributed by atoms with E-state index in [9.17, 15) is 9.59 Å². The number of rotatable bonds is 4. The maximum atomic E-state index is 11.7. The van der Waals surface area contributed by atoms with Crippen LogP contribution in [0.4, 0.5) is 4.79 Å². The molecular formula is C13H23NO3. The summed E-state index contributed by atoms with van der Waals surface area (Å²) < 4.78 is 5.24. The summed E-state index contributed by atoms with van der Waals surface area (Å²) >= 11 is 0. The molecule has 1 fully saturated rings. The summed E-state index contributed by atoms with van der Waals surface area (Å²) in [6.45, 7) is 7.11. The highest BCUT2D eigenvalue weighted by atomic mass is 16.6. The van der Waals surface area contributed by atoms with Crippen LogP contribution in [0.2, 0.25) is 0 Å². The smallest absolute Gasteiger partial charge is 0.408 e. The van der Waals surface area contributed by atoms with Crippen LogP contribution in [0.5, 0.6) is 0 Å². The van der Waals surface area contributed by atoms with Crippen molar-refractivity contribution in [3.05, 3.63) is 0 Å². The van der Waals surface area contributed by atoms with Crippen molar-refractivity contribution in [1.82, 2.24) is 5.32 Å². The summed E-state index contributed by atoms with van der Waals surface area (Å²) in [7, 11) is 0. The van der Waals surface area contributed by atoms with Gasteiger partial charge in [-0.1, -0.05) is 0 Å². The molecule has 0 unspecified atom stereocenters. The number of ketones is 1. The zero-order chi connectivity index (χ0) is 13.1. The molecule has 0 aromatic heterocycles. The molecule has 0 spiro atoms. The Kier molecular flexibility index (Phi) is 4.17. The molecule has 4 heteroatoms. The van der Waals surface area contributed by atoms with E-state index in [0.717, 1.165) is 25.7 Å². The van der Waals surface area contributed by atoms with Crippen LogP contribution in [0.1, 0.15) is 59.8 Å². The van der Waals surface area contributed by atoms with E-state index >= 15 is 0 Å². The van der Waals surface area contributed by atoms with E-state index in [1.165, 1.54) is 0 Å². The van der Waals surface area contributed by atoms with Gasteiger partial charge >= 0.3 is 6.09 Å². The monoisotopic (exact) mass is 241 g/mol. The number of carbonyl (C=O) groups excluding carboxylic acids is 2. The highest BCUT2D eigenvalue weighted by Gasteiger charge is 2.39. The number of Topliss-reactive ketones (excluding diaryl/α,β-unsaturated/α-hetero) is 1. The molecule has 0 radical (unpaired) electrons. The standard InChI is InChI=1S/C13H23NO3/c1-10(15)6-9-13(7-5-8-13)14-11(16)17-12(2,3)4/h5-9H2,1-4H3,(H,14,16). The van der Waals surface area contributed by atoms with Crippen LogP contribution >= 0.6 is 0 Å². The Balaban J connectivity index is 2.46. The molecule has 4 nitrogen and oxygen atoms in total. The SMILES string of the molecule is CC(=O)CCC1(NC(=O)OC(C)(C)C)CCC1. The average Bonchev–Trinajstić information content (AvgIpc) is 2.05. The van der Waals surface area contributed by atoms with Crippen molar-refractivity contribution in [2.24, 2.45) is 0 Å². The second-order valence-corrected chi connectivity index (χ2v) is 5.96. The van der Waals surface area contributed by atoms with Crippen molar-refractivity contribution in [3.63, 3.8) is 0 Å². The second kappa shape index (κ2) is 5.07. The molecule has 0 aromatic rings. The Hall–Kier alpha value is -1.06. The van der Waals surface area contributed by atoms with Gasteiger partial charge in [0.1, 0.15) is 11.4 Å². The lowest BCUT2D eigenvalue weighted by Gasteiger charge is -2.42. The number of amides is 1. The van der Waals surface area contributed by atoms with Crippen LogP contribution in [0.3, 0.4) is 0 Å². The van der Waals surface area contributed by atoms with Gasteiger partial charge in [-0.3, -0.25) is 0 Å². The highest BCUT2D eigenvalue weighted by Crippen LogP contribution is 2.36. The van der Waals surface area contributed by atoms with Crippen LogP contribution in [-0.2, 0) is 9.53 Å². The van der Waals surface area contributed by atoms with Gasteiger partial charge in [0.2, 0.25) is 0 Å². The Morgan fingerprint density at radius 2 is 1.88 bits per heavy atom. The third-order valence-electron chi connectivity index (χ3n) is 3.03. The third-order valence-corrected chi connectivity index (χ3v) is 3.03. The molecule has 1 saturated carbocycles. The van der Waals surface area contributed by atoms with Gasteiger partial charge in [0.25, 0.3) is 0 Å². The first kappa shape index (κ1) is 14.0. The number of alkyl carbamates (subject to hydrolysis) is 1. The Bertz CT molecular complexity index is 300. The predicted molar refractivity (Wildman–Crippen MR) is 65.9 cm³/mol. The average molecular weight is 241 g/mol. The van der Waals surface area contributed by atoms with Crippen molar-refractivity contribution < 1.29 is 14.3 Å². The van der Waals surface area contributed by atoms with Crippen LogP contribution in [0.15, 0.2) is 0 Å². The molecule has 98 valence electrons. The molecule has 0 aromatic carbocycles. The molecule has 1 N–H and O–H groups in total. The molecule has 17 heavy (non-hydrogen) atoms. The lowest BCUT2D eigenvalue weighted by atomic mass is 9.73. The van der Waals surface area contributed by atoms with E-state index in [0.29, 0.717) is 6.42 Å². The van der Waals surface area contributed by atoms with Gasteiger partial charge in [-0.15, -0.1) is 0 Å². The maximum Gasteiger partial charge on any atom is 0.408 e. The first-order chi connectivity index (χ1) is 7.72. The molecule has 0 bridgehead atoms. The first-order valence-corrected chi connectivity index (χ1v) is 6.23. The van der Waals surface area contributed by atoms with E-state index in [-0.39, 0.29) is 17.4 Å². The summed E-state index contributed by atoms with van der Waals surface area (Å²) in [5.41, 5.74) is -0.677. The summed E-state index contributed by atoms with van der Waals surface area (Å²) in [6, 6.07) is 0. The zero-order valence-electron chi connectivity index (χ0n) is 11.3. The molecule has 0 atom stereocenters. The van der Waals surface area contributed by atoms with Crippen molar-refractivity contribution >= 4 is 11.9 Å². The molecule has 1 rings (SSSR count). The highest BCUT2D eigenvalue weighted by molar-refractivity contribution is 5.75. The van der Waals surface area contributed by atoms with Crippen LogP contribution in [0, 0.1) is 0 Å². The van der Waals surface area contributed by atoms with Gasteiger partial charge in [0, 0.05) is 12.0 Å². The van der Waals surface area contributed by atoms with Crippen LogP contribution in [0.25, 0.3) is 0 Å². The number of hydrogen-bond donors (Lipinski definition) is 1. The fraction of sp³-hybridized carbons (Fsp3) is 0.846.